The Hall–Kier alpha value is -14.8. The van der Waals surface area contributed by atoms with E-state index in [1.54, 1.807) is 0 Å². The number of hydrogen-bond acceptors (Lipinski definition) is 6. The van der Waals surface area contributed by atoms with Crippen LogP contribution in [0.15, 0.2) is 413 Å². The molecule has 0 bridgehead atoms. The highest BCUT2D eigenvalue weighted by Crippen LogP contribution is 2.49. The molecule has 4 nitrogen and oxygen atoms in total. The monoisotopic (exact) mass is 1580 g/mol. The number of aromatic nitrogens is 4. The summed E-state index contributed by atoms with van der Waals surface area (Å²) in [6.45, 7) is 0. The summed E-state index contributed by atoms with van der Waals surface area (Å²) in [6, 6.07) is 149. The van der Waals surface area contributed by atoms with Gasteiger partial charge in [-0.2, -0.15) is 0 Å². The molecule has 0 spiro atoms. The van der Waals surface area contributed by atoms with Crippen LogP contribution < -0.4 is 0 Å². The zero-order valence-electron chi connectivity index (χ0n) is 64.8. The summed E-state index contributed by atoms with van der Waals surface area (Å²) in [7, 11) is 0. The molecule has 0 saturated heterocycles. The van der Waals surface area contributed by atoms with Crippen molar-refractivity contribution in [2.45, 2.75) is 0 Å². The van der Waals surface area contributed by atoms with Crippen molar-refractivity contribution in [2.75, 3.05) is 0 Å². The SMILES string of the molecule is c1cc(-c2ccc3c4ccccc4c4ccccc4c3c2)cc(-c2nc3ccccc3c3c2sc2ccccc23)c1.c1cc(-c2ccc3ccc4ccccc4c3c2)cc(-c2nc3ccccc3c3c2sc2ccccc23)c1.c1cc(-c2cccc(-n3c4ccccc4c4ccccc43)c2)cc(-c2nc3ccccc3c3c2sc2ccccc23)c1. The fraction of sp³-hybridized carbons (Fsp3) is 0. The normalized spacial score (nSPS) is 11.8. The molecule has 19 aromatic carbocycles. The first-order chi connectivity index (χ1) is 59.5. The van der Waals surface area contributed by atoms with Gasteiger partial charge in [-0.25, -0.2) is 15.0 Å². The van der Waals surface area contributed by atoms with Crippen molar-refractivity contribution in [1.29, 1.82) is 0 Å². The average Bonchev–Trinajstić information content (AvgIpc) is 1.34. The summed E-state index contributed by atoms with van der Waals surface area (Å²) in [5.41, 5.74) is 20.5. The number of benzene rings is 19. The van der Waals surface area contributed by atoms with Crippen molar-refractivity contribution in [1.82, 2.24) is 19.5 Å². The Labute approximate surface area is 702 Å². The van der Waals surface area contributed by atoms with Crippen LogP contribution in [0, 0.1) is 0 Å². The Balaban J connectivity index is 0.000000102. The maximum Gasteiger partial charge on any atom is 0.0888 e. The highest BCUT2D eigenvalue weighted by molar-refractivity contribution is 7.27. The smallest absolute Gasteiger partial charge is 0.0888 e. The van der Waals surface area contributed by atoms with Crippen LogP contribution in [0.5, 0.6) is 0 Å². The quantitative estimate of drug-likeness (QED) is 0.149. The zero-order chi connectivity index (χ0) is 78.9. The molecule has 0 saturated carbocycles. The fourth-order valence-corrected chi connectivity index (χ4v) is 22.4. The standard InChI is InChI=1S/C39H24N2S.C39H23NS.C35H21NS/c1-5-19-33-31(17-1)37-32-18-4-8-22-36(32)42-39(37)38(40-33)27-13-9-11-25(23-27)26-12-10-14-28(24-26)41-34-20-6-2-15-29(34)30-16-3-7-21-35(30)41;1-2-14-29-27(12-1)28-13-3-4-15-30(28)34-23-25(20-21-31(29)34)24-10-9-11-26(22-24)38-39-37(32-16-5-7-18-35(32)40-38)33-17-6-8-19-36(33)41-39;1-2-11-27-22(8-1)16-17-23-18-19-25(21-30(23)27)24-9-7-10-26(20-24)34-35-33(28-12-3-5-14-31(28)36-34)29-13-4-6-15-32(29)37-35/h1-24H;1-23H;1-21H. The average molecular weight is 1580 g/mol. The van der Waals surface area contributed by atoms with Gasteiger partial charge in [-0.15, -0.1) is 34.0 Å². The first-order valence-corrected chi connectivity index (χ1v) is 43.2. The molecule has 0 radical (unpaired) electrons. The van der Waals surface area contributed by atoms with E-state index in [1.807, 2.05) is 34.0 Å². The maximum absolute atomic E-state index is 5.24. The van der Waals surface area contributed by atoms with E-state index < -0.39 is 0 Å². The van der Waals surface area contributed by atoms with E-state index in [-0.39, 0.29) is 0 Å². The molecule has 120 heavy (non-hydrogen) atoms. The van der Waals surface area contributed by atoms with Crippen LogP contribution in [0.3, 0.4) is 0 Å². The van der Waals surface area contributed by atoms with Crippen molar-refractivity contribution in [2.24, 2.45) is 0 Å². The summed E-state index contributed by atoms with van der Waals surface area (Å²) < 4.78 is 10.0. The van der Waals surface area contributed by atoms with Crippen molar-refractivity contribution in [3.05, 3.63) is 413 Å². The Kier molecular flexibility index (Phi) is 16.5. The number of hydrogen-bond donors (Lipinski definition) is 0. The molecule has 7 aromatic heterocycles. The predicted molar refractivity (Wildman–Crippen MR) is 518 cm³/mol. The molecule has 558 valence electrons. The topological polar surface area (TPSA) is 43.6 Å². The third-order valence-electron chi connectivity index (χ3n) is 24.2. The van der Waals surface area contributed by atoms with Gasteiger partial charge in [-0.3, -0.25) is 0 Å². The summed E-state index contributed by atoms with van der Waals surface area (Å²) in [6.07, 6.45) is 0. The van der Waals surface area contributed by atoms with Crippen molar-refractivity contribution < 1.29 is 0 Å². The van der Waals surface area contributed by atoms with Crippen LogP contribution in [0.4, 0.5) is 0 Å². The predicted octanol–water partition coefficient (Wildman–Crippen LogP) is 32.7. The molecule has 26 aromatic rings. The van der Waals surface area contributed by atoms with Crippen LogP contribution in [0.2, 0.25) is 0 Å². The lowest BCUT2D eigenvalue weighted by atomic mass is 9.91. The molecule has 7 heterocycles. The summed E-state index contributed by atoms with van der Waals surface area (Å²) in [5, 5.41) is 26.9. The number of pyridine rings is 3. The second-order valence-electron chi connectivity index (χ2n) is 31.1. The van der Waals surface area contributed by atoms with Gasteiger partial charge in [-0.05, 0) is 178 Å². The molecule has 0 aliphatic rings. The fourth-order valence-electron chi connectivity index (χ4n) is 18.7. The van der Waals surface area contributed by atoms with Gasteiger partial charge in [-0.1, -0.05) is 322 Å². The van der Waals surface area contributed by atoms with Crippen molar-refractivity contribution >= 4 is 203 Å². The second-order valence-corrected chi connectivity index (χ2v) is 34.2. The number of rotatable bonds is 7. The summed E-state index contributed by atoms with van der Waals surface area (Å²) >= 11 is 5.52. The molecule has 0 unspecified atom stereocenters. The van der Waals surface area contributed by atoms with Gasteiger partial charge < -0.3 is 4.57 Å². The maximum atomic E-state index is 5.24. The van der Waals surface area contributed by atoms with Gasteiger partial charge in [0.2, 0.25) is 0 Å². The number of para-hydroxylation sites is 5. The molecule has 0 aliphatic heterocycles. The number of thiophene rings is 3. The lowest BCUT2D eigenvalue weighted by Gasteiger charge is -2.13. The van der Waals surface area contributed by atoms with Crippen LogP contribution in [0.25, 0.3) is 242 Å². The van der Waals surface area contributed by atoms with Crippen molar-refractivity contribution in [3.8, 4) is 72.8 Å². The highest BCUT2D eigenvalue weighted by atomic mass is 32.1. The minimum absolute atomic E-state index is 1.03. The highest BCUT2D eigenvalue weighted by Gasteiger charge is 2.22. The van der Waals surface area contributed by atoms with Gasteiger partial charge in [0.1, 0.15) is 0 Å². The molecule has 0 atom stereocenters. The molecule has 0 amide bonds. The lowest BCUT2D eigenvalue weighted by molar-refractivity contribution is 1.18. The molecular formula is C113H68N4S3. The Morgan fingerprint density at radius 2 is 0.467 bits per heavy atom. The van der Waals surface area contributed by atoms with Crippen molar-refractivity contribution in [3.63, 3.8) is 0 Å². The van der Waals surface area contributed by atoms with E-state index in [0.29, 0.717) is 0 Å². The third-order valence-corrected chi connectivity index (χ3v) is 27.8. The van der Waals surface area contributed by atoms with Gasteiger partial charge in [0.05, 0.1) is 58.8 Å². The Morgan fingerprint density at radius 3 is 0.908 bits per heavy atom. The lowest BCUT2D eigenvalue weighted by Crippen LogP contribution is -1.94. The minimum Gasteiger partial charge on any atom is -0.309 e. The Bertz CT molecular complexity index is 8630. The minimum atomic E-state index is 1.03. The second kappa shape index (κ2) is 28.5. The van der Waals surface area contributed by atoms with Gasteiger partial charge in [0.25, 0.3) is 0 Å². The van der Waals surface area contributed by atoms with E-state index >= 15 is 0 Å². The molecule has 0 fully saturated rings. The van der Waals surface area contributed by atoms with Gasteiger partial charge in [0, 0.05) is 95.7 Å². The number of nitrogens with zero attached hydrogens (tertiary/aromatic N) is 4. The molecule has 26 rings (SSSR count). The molecule has 7 heteroatoms. The van der Waals surface area contributed by atoms with Gasteiger partial charge in [0.15, 0.2) is 0 Å². The first-order valence-electron chi connectivity index (χ1n) is 40.8. The van der Waals surface area contributed by atoms with Crippen LogP contribution in [0.1, 0.15) is 0 Å². The van der Waals surface area contributed by atoms with Crippen LogP contribution >= 0.6 is 34.0 Å². The molecule has 0 aliphatic carbocycles. The summed E-state index contributed by atoms with van der Waals surface area (Å²) in [4.78, 5) is 15.7. The van der Waals surface area contributed by atoms with E-state index in [9.17, 15) is 0 Å². The van der Waals surface area contributed by atoms with Crippen LogP contribution in [-0.2, 0) is 0 Å². The zero-order valence-corrected chi connectivity index (χ0v) is 67.2. The van der Waals surface area contributed by atoms with E-state index in [1.165, 1.54) is 186 Å². The van der Waals surface area contributed by atoms with E-state index in [4.69, 9.17) is 15.0 Å². The molecular weight excluding hydrogens is 1510 g/mol. The summed E-state index contributed by atoms with van der Waals surface area (Å²) in [5.74, 6) is 0. The number of fused-ring (bicyclic) bond motifs is 27. The van der Waals surface area contributed by atoms with Gasteiger partial charge >= 0.3 is 0 Å². The first kappa shape index (κ1) is 69.5. The molecule has 0 N–H and O–H groups in total. The Morgan fingerprint density at radius 1 is 0.175 bits per heavy atom. The third kappa shape index (κ3) is 11.6. The van der Waals surface area contributed by atoms with Crippen LogP contribution in [-0.4, -0.2) is 19.5 Å². The largest absolute Gasteiger partial charge is 0.309 e. The van der Waals surface area contributed by atoms with E-state index in [2.05, 4.69) is 417 Å². The van der Waals surface area contributed by atoms with E-state index in [0.717, 1.165) is 56.0 Å².